The van der Waals surface area contributed by atoms with Gasteiger partial charge in [-0.2, -0.15) is 0 Å². The molecule has 126 valence electrons. The van der Waals surface area contributed by atoms with Crippen LogP contribution in [0.5, 0.6) is 0 Å². The number of aromatic nitrogens is 3. The molecule has 0 saturated carbocycles. The van der Waals surface area contributed by atoms with Crippen LogP contribution in [0.2, 0.25) is 5.15 Å². The number of nitrogens with zero attached hydrogens (tertiary/aromatic N) is 3. The van der Waals surface area contributed by atoms with Crippen molar-refractivity contribution in [2.24, 2.45) is 0 Å². The van der Waals surface area contributed by atoms with Crippen molar-refractivity contribution in [3.63, 3.8) is 0 Å². The summed E-state index contributed by atoms with van der Waals surface area (Å²) in [7, 11) is -3.77. The minimum Gasteiger partial charge on any atom is -0.224 e. The molecule has 0 aliphatic carbocycles. The summed E-state index contributed by atoms with van der Waals surface area (Å²) in [5.41, 5.74) is 1.77. The highest BCUT2D eigenvalue weighted by atomic mass is 35.5. The SMILES string of the molecule is Cc1ccc(S(=O)(=O)n2cc(C(C)(C)C)c3c(Cl)ncnc32)cc1. The van der Waals surface area contributed by atoms with Crippen LogP contribution in [-0.4, -0.2) is 22.4 Å². The van der Waals surface area contributed by atoms with Crippen molar-refractivity contribution < 1.29 is 8.42 Å². The molecule has 0 N–H and O–H groups in total. The molecule has 24 heavy (non-hydrogen) atoms. The Labute approximate surface area is 146 Å². The zero-order chi connectivity index (χ0) is 17.7. The fraction of sp³-hybridized carbons (Fsp3) is 0.294. The molecule has 2 heterocycles. The standard InChI is InChI=1S/C17H18ClN3O2S/c1-11-5-7-12(8-6-11)24(22,23)21-9-13(17(2,3)4)14-15(18)19-10-20-16(14)21/h5-10H,1-4H3. The minimum atomic E-state index is -3.77. The average molecular weight is 364 g/mol. The first kappa shape index (κ1) is 16.9. The molecule has 3 aromatic rings. The average Bonchev–Trinajstić information content (AvgIpc) is 2.89. The molecule has 0 saturated heterocycles. The number of halogens is 1. The van der Waals surface area contributed by atoms with Crippen LogP contribution >= 0.6 is 11.6 Å². The van der Waals surface area contributed by atoms with Crippen LogP contribution in [0.15, 0.2) is 41.7 Å². The summed E-state index contributed by atoms with van der Waals surface area (Å²) in [6.07, 6.45) is 2.87. The van der Waals surface area contributed by atoms with E-state index in [0.29, 0.717) is 11.0 Å². The predicted octanol–water partition coefficient (Wildman–Crippen LogP) is 3.93. The maximum absolute atomic E-state index is 13.1. The molecule has 0 radical (unpaired) electrons. The van der Waals surface area contributed by atoms with Crippen molar-refractivity contribution in [2.75, 3.05) is 0 Å². The molecular formula is C17H18ClN3O2S. The van der Waals surface area contributed by atoms with Crippen molar-refractivity contribution in [3.05, 3.63) is 53.1 Å². The van der Waals surface area contributed by atoms with Crippen LogP contribution < -0.4 is 0 Å². The molecule has 0 unspecified atom stereocenters. The lowest BCUT2D eigenvalue weighted by Crippen LogP contribution is -2.14. The van der Waals surface area contributed by atoms with Gasteiger partial charge in [-0.15, -0.1) is 0 Å². The zero-order valence-corrected chi connectivity index (χ0v) is 15.5. The van der Waals surface area contributed by atoms with Gasteiger partial charge >= 0.3 is 0 Å². The third-order valence-corrected chi connectivity index (χ3v) is 5.84. The maximum atomic E-state index is 13.1. The van der Waals surface area contributed by atoms with Gasteiger partial charge in [0.1, 0.15) is 11.5 Å². The third-order valence-electron chi connectivity index (χ3n) is 3.89. The monoisotopic (exact) mass is 363 g/mol. The van der Waals surface area contributed by atoms with Gasteiger partial charge in [-0.1, -0.05) is 50.1 Å². The second-order valence-electron chi connectivity index (χ2n) is 6.77. The maximum Gasteiger partial charge on any atom is 0.269 e. The lowest BCUT2D eigenvalue weighted by Gasteiger charge is -2.17. The van der Waals surface area contributed by atoms with E-state index in [1.54, 1.807) is 30.5 Å². The van der Waals surface area contributed by atoms with Crippen molar-refractivity contribution >= 4 is 32.7 Å². The van der Waals surface area contributed by atoms with Crippen molar-refractivity contribution in [1.82, 2.24) is 13.9 Å². The van der Waals surface area contributed by atoms with E-state index in [4.69, 9.17) is 11.6 Å². The number of rotatable bonds is 2. The van der Waals surface area contributed by atoms with E-state index in [9.17, 15) is 8.42 Å². The van der Waals surface area contributed by atoms with Crippen LogP contribution in [0, 0.1) is 6.92 Å². The Hall–Kier alpha value is -1.92. The van der Waals surface area contributed by atoms with E-state index in [1.165, 1.54) is 10.3 Å². The highest BCUT2D eigenvalue weighted by Crippen LogP contribution is 2.35. The van der Waals surface area contributed by atoms with Crippen LogP contribution in [0.25, 0.3) is 11.0 Å². The molecule has 0 atom stereocenters. The molecule has 0 amide bonds. The lowest BCUT2D eigenvalue weighted by atomic mass is 9.87. The Bertz CT molecular complexity index is 1020. The van der Waals surface area contributed by atoms with E-state index in [1.807, 2.05) is 27.7 Å². The number of hydrogen-bond donors (Lipinski definition) is 0. The molecule has 0 fully saturated rings. The molecule has 7 heteroatoms. The Morgan fingerprint density at radius 1 is 1.08 bits per heavy atom. The summed E-state index contributed by atoms with van der Waals surface area (Å²) in [6, 6.07) is 6.72. The fourth-order valence-corrected chi connectivity index (χ4v) is 4.12. The van der Waals surface area contributed by atoms with E-state index < -0.39 is 10.0 Å². The van der Waals surface area contributed by atoms with E-state index in [2.05, 4.69) is 9.97 Å². The number of benzene rings is 1. The van der Waals surface area contributed by atoms with Crippen LogP contribution in [0.3, 0.4) is 0 Å². The minimum absolute atomic E-state index is 0.209. The summed E-state index contributed by atoms with van der Waals surface area (Å²) in [4.78, 5) is 8.39. The van der Waals surface area contributed by atoms with Crippen LogP contribution in [0.1, 0.15) is 31.9 Å². The predicted molar refractivity (Wildman–Crippen MR) is 95.0 cm³/mol. The molecule has 5 nitrogen and oxygen atoms in total. The van der Waals surface area contributed by atoms with Gasteiger partial charge in [0.25, 0.3) is 10.0 Å². The van der Waals surface area contributed by atoms with Gasteiger partial charge in [-0.25, -0.2) is 22.4 Å². The fourth-order valence-electron chi connectivity index (χ4n) is 2.57. The molecule has 0 aliphatic heterocycles. The van der Waals surface area contributed by atoms with Gasteiger partial charge in [0.2, 0.25) is 0 Å². The lowest BCUT2D eigenvalue weighted by molar-refractivity contribution is 0.583. The van der Waals surface area contributed by atoms with Crippen LogP contribution in [0.4, 0.5) is 0 Å². The second kappa shape index (κ2) is 5.57. The number of aryl methyl sites for hydroxylation is 1. The van der Waals surface area contributed by atoms with Gasteiger partial charge in [-0.3, -0.25) is 0 Å². The van der Waals surface area contributed by atoms with Gasteiger partial charge in [-0.05, 0) is 30.0 Å². The van der Waals surface area contributed by atoms with Gasteiger partial charge < -0.3 is 0 Å². The summed E-state index contributed by atoms with van der Waals surface area (Å²) in [5, 5.41) is 0.824. The quantitative estimate of drug-likeness (QED) is 0.647. The summed E-state index contributed by atoms with van der Waals surface area (Å²) in [6.45, 7) is 7.89. The van der Waals surface area contributed by atoms with Crippen LogP contribution in [-0.2, 0) is 15.4 Å². The van der Waals surface area contributed by atoms with E-state index in [0.717, 1.165) is 11.1 Å². The first-order valence-electron chi connectivity index (χ1n) is 7.46. The van der Waals surface area contributed by atoms with Gasteiger partial charge in [0.05, 0.1) is 10.3 Å². The molecule has 0 aliphatic rings. The smallest absolute Gasteiger partial charge is 0.224 e. The molecule has 0 bridgehead atoms. The third kappa shape index (κ3) is 2.70. The Morgan fingerprint density at radius 3 is 2.29 bits per heavy atom. The summed E-state index contributed by atoms with van der Waals surface area (Å²) >= 11 is 6.24. The van der Waals surface area contributed by atoms with E-state index >= 15 is 0 Å². The first-order chi connectivity index (χ1) is 11.1. The second-order valence-corrected chi connectivity index (χ2v) is 8.94. The Morgan fingerprint density at radius 2 is 1.71 bits per heavy atom. The molecule has 1 aromatic carbocycles. The highest BCUT2D eigenvalue weighted by molar-refractivity contribution is 7.90. The largest absolute Gasteiger partial charge is 0.269 e. The topological polar surface area (TPSA) is 64.8 Å². The van der Waals surface area contributed by atoms with Gasteiger partial charge in [0.15, 0.2) is 5.65 Å². The first-order valence-corrected chi connectivity index (χ1v) is 9.28. The summed E-state index contributed by atoms with van der Waals surface area (Å²) < 4.78 is 27.3. The van der Waals surface area contributed by atoms with Crippen molar-refractivity contribution in [2.45, 2.75) is 38.0 Å². The molecule has 2 aromatic heterocycles. The Kier molecular flexibility index (Phi) is 3.92. The molecule has 0 spiro atoms. The summed E-state index contributed by atoms with van der Waals surface area (Å²) in [5.74, 6) is 0. The zero-order valence-electron chi connectivity index (χ0n) is 13.9. The van der Waals surface area contributed by atoms with Gasteiger partial charge in [0, 0.05) is 6.20 Å². The number of fused-ring (bicyclic) bond motifs is 1. The number of hydrogen-bond acceptors (Lipinski definition) is 4. The van der Waals surface area contributed by atoms with Crippen molar-refractivity contribution in [1.29, 1.82) is 0 Å². The van der Waals surface area contributed by atoms with E-state index in [-0.39, 0.29) is 15.5 Å². The molecule has 3 rings (SSSR count). The van der Waals surface area contributed by atoms with Crippen molar-refractivity contribution in [3.8, 4) is 0 Å². The Balaban J connectivity index is 2.35. The molecular weight excluding hydrogens is 346 g/mol. The normalized spacial score (nSPS) is 12.7. The highest BCUT2D eigenvalue weighted by Gasteiger charge is 2.28.